The number of thiazole rings is 1. The van der Waals surface area contributed by atoms with Crippen LogP contribution in [0.1, 0.15) is 12.8 Å². The summed E-state index contributed by atoms with van der Waals surface area (Å²) in [6.07, 6.45) is 5.31. The number of anilines is 4. The minimum absolute atomic E-state index is 0.186. The van der Waals surface area contributed by atoms with Crippen LogP contribution in [0.3, 0.4) is 0 Å². The molecule has 1 aliphatic rings. The second-order valence-corrected chi connectivity index (χ2v) is 7.24. The molecule has 124 valence electrons. The van der Waals surface area contributed by atoms with Crippen LogP contribution in [0.15, 0.2) is 24.7 Å². The quantitative estimate of drug-likeness (QED) is 0.692. The molecular weight excluding hydrogens is 346 g/mol. The molecular formula is C15H16ClN7S. The van der Waals surface area contributed by atoms with Crippen LogP contribution in [0.4, 0.5) is 22.6 Å². The van der Waals surface area contributed by atoms with Gasteiger partial charge in [-0.25, -0.2) is 19.9 Å². The van der Waals surface area contributed by atoms with Crippen molar-refractivity contribution in [1.29, 1.82) is 0 Å². The van der Waals surface area contributed by atoms with Gasteiger partial charge in [-0.05, 0) is 18.9 Å². The van der Waals surface area contributed by atoms with Gasteiger partial charge in [0.2, 0.25) is 0 Å². The predicted octanol–water partition coefficient (Wildman–Crippen LogP) is 3.01. The van der Waals surface area contributed by atoms with Gasteiger partial charge in [0.1, 0.15) is 18.0 Å². The topological polar surface area (TPSA) is 92.8 Å². The number of pyridine rings is 1. The molecule has 0 amide bonds. The predicted molar refractivity (Wildman–Crippen MR) is 98.2 cm³/mol. The molecule has 0 saturated carbocycles. The summed E-state index contributed by atoms with van der Waals surface area (Å²) in [5.41, 5.74) is 6.61. The molecule has 0 bridgehead atoms. The Morgan fingerprint density at radius 1 is 1.33 bits per heavy atom. The average Bonchev–Trinajstić information content (AvgIpc) is 3.00. The van der Waals surface area contributed by atoms with E-state index in [9.17, 15) is 0 Å². The maximum atomic E-state index is 6.30. The zero-order valence-corrected chi connectivity index (χ0v) is 14.4. The summed E-state index contributed by atoms with van der Waals surface area (Å²) < 4.78 is 0.987. The summed E-state index contributed by atoms with van der Waals surface area (Å²) in [5.74, 6) is 1.73. The first-order valence-corrected chi connectivity index (χ1v) is 8.93. The molecule has 9 heteroatoms. The molecule has 4 rings (SSSR count). The molecule has 0 spiro atoms. The van der Waals surface area contributed by atoms with E-state index in [0.717, 1.165) is 41.3 Å². The first-order chi connectivity index (χ1) is 11.7. The fourth-order valence-corrected chi connectivity index (χ4v) is 4.09. The maximum Gasteiger partial charge on any atom is 0.186 e. The SMILES string of the molecule is Nc1cc(Nc2nccc3nc(N4CCC[C@@H](Cl)C4)sc23)ncn1. The highest BCUT2D eigenvalue weighted by Gasteiger charge is 2.21. The van der Waals surface area contributed by atoms with Gasteiger partial charge in [-0.1, -0.05) is 11.3 Å². The van der Waals surface area contributed by atoms with E-state index in [1.807, 2.05) is 6.07 Å². The van der Waals surface area contributed by atoms with E-state index >= 15 is 0 Å². The van der Waals surface area contributed by atoms with E-state index in [1.165, 1.54) is 6.33 Å². The molecule has 3 aromatic heterocycles. The van der Waals surface area contributed by atoms with Gasteiger partial charge in [0.25, 0.3) is 0 Å². The molecule has 1 fully saturated rings. The van der Waals surface area contributed by atoms with Crippen LogP contribution in [0.5, 0.6) is 0 Å². The first kappa shape index (κ1) is 15.3. The highest BCUT2D eigenvalue weighted by Crippen LogP contribution is 2.35. The van der Waals surface area contributed by atoms with E-state index in [1.54, 1.807) is 23.6 Å². The Kier molecular flexibility index (Phi) is 4.07. The summed E-state index contributed by atoms with van der Waals surface area (Å²) in [6.45, 7) is 1.82. The van der Waals surface area contributed by atoms with E-state index in [-0.39, 0.29) is 5.38 Å². The Morgan fingerprint density at radius 3 is 3.08 bits per heavy atom. The number of nitrogens with two attached hydrogens (primary N) is 1. The zero-order valence-electron chi connectivity index (χ0n) is 12.8. The lowest BCUT2D eigenvalue weighted by molar-refractivity contribution is 0.584. The minimum atomic E-state index is 0.186. The third-order valence-electron chi connectivity index (χ3n) is 3.86. The summed E-state index contributed by atoms with van der Waals surface area (Å²) in [7, 11) is 0. The van der Waals surface area contributed by atoms with E-state index in [4.69, 9.17) is 22.3 Å². The molecule has 1 atom stereocenters. The van der Waals surface area contributed by atoms with Crippen molar-refractivity contribution in [3.8, 4) is 0 Å². The Morgan fingerprint density at radius 2 is 2.25 bits per heavy atom. The Balaban J connectivity index is 1.67. The molecule has 0 radical (unpaired) electrons. The highest BCUT2D eigenvalue weighted by molar-refractivity contribution is 7.22. The monoisotopic (exact) mass is 361 g/mol. The van der Waals surface area contributed by atoms with E-state index in [0.29, 0.717) is 17.5 Å². The van der Waals surface area contributed by atoms with Crippen molar-refractivity contribution in [2.75, 3.05) is 29.0 Å². The van der Waals surface area contributed by atoms with Crippen LogP contribution in [0.25, 0.3) is 10.2 Å². The smallest absolute Gasteiger partial charge is 0.186 e. The molecule has 7 nitrogen and oxygen atoms in total. The van der Waals surface area contributed by atoms with Gasteiger partial charge in [0.15, 0.2) is 10.9 Å². The average molecular weight is 362 g/mol. The van der Waals surface area contributed by atoms with Gasteiger partial charge in [-0.3, -0.25) is 0 Å². The summed E-state index contributed by atoms with van der Waals surface area (Å²) >= 11 is 7.91. The summed E-state index contributed by atoms with van der Waals surface area (Å²) in [6, 6.07) is 3.59. The van der Waals surface area contributed by atoms with Crippen molar-refractivity contribution in [3.63, 3.8) is 0 Å². The van der Waals surface area contributed by atoms with Gasteiger partial charge < -0.3 is 16.0 Å². The largest absolute Gasteiger partial charge is 0.384 e. The number of hydrogen-bond acceptors (Lipinski definition) is 8. The number of nitrogens with one attached hydrogen (secondary N) is 1. The number of rotatable bonds is 3. The van der Waals surface area contributed by atoms with Gasteiger partial charge in [-0.15, -0.1) is 11.6 Å². The van der Waals surface area contributed by atoms with Crippen molar-refractivity contribution in [1.82, 2.24) is 19.9 Å². The van der Waals surface area contributed by atoms with Crippen LogP contribution in [-0.2, 0) is 0 Å². The second-order valence-electron chi connectivity index (χ2n) is 5.64. The third kappa shape index (κ3) is 3.07. The van der Waals surface area contributed by atoms with Crippen molar-refractivity contribution in [3.05, 3.63) is 24.7 Å². The second kappa shape index (κ2) is 6.37. The van der Waals surface area contributed by atoms with Gasteiger partial charge in [-0.2, -0.15) is 0 Å². The number of nitrogen functional groups attached to an aromatic ring is 1. The van der Waals surface area contributed by atoms with Crippen LogP contribution in [-0.4, -0.2) is 38.4 Å². The first-order valence-electron chi connectivity index (χ1n) is 7.68. The Hall–Kier alpha value is -2.19. The molecule has 0 unspecified atom stereocenters. The van der Waals surface area contributed by atoms with Crippen LogP contribution in [0.2, 0.25) is 0 Å². The van der Waals surface area contributed by atoms with Gasteiger partial charge in [0, 0.05) is 25.4 Å². The van der Waals surface area contributed by atoms with Crippen molar-refractivity contribution < 1.29 is 0 Å². The maximum absolute atomic E-state index is 6.30. The lowest BCUT2D eigenvalue weighted by atomic mass is 10.1. The molecule has 24 heavy (non-hydrogen) atoms. The number of nitrogens with zero attached hydrogens (tertiary/aromatic N) is 5. The van der Waals surface area contributed by atoms with E-state index < -0.39 is 0 Å². The molecule has 0 aromatic carbocycles. The van der Waals surface area contributed by atoms with Gasteiger partial charge in [0.05, 0.1) is 15.6 Å². The fourth-order valence-electron chi connectivity index (χ4n) is 2.73. The number of hydrogen-bond donors (Lipinski definition) is 2. The Labute approximate surface area is 147 Å². The normalized spacial score (nSPS) is 18.0. The molecule has 0 aliphatic carbocycles. The van der Waals surface area contributed by atoms with Crippen LogP contribution < -0.4 is 16.0 Å². The fraction of sp³-hybridized carbons (Fsp3) is 0.333. The minimum Gasteiger partial charge on any atom is -0.384 e. The highest BCUT2D eigenvalue weighted by atomic mass is 35.5. The number of halogens is 1. The van der Waals surface area contributed by atoms with Crippen LogP contribution in [0, 0.1) is 0 Å². The van der Waals surface area contributed by atoms with Gasteiger partial charge >= 0.3 is 0 Å². The summed E-state index contributed by atoms with van der Waals surface area (Å²) in [5, 5.41) is 4.36. The lowest BCUT2D eigenvalue weighted by Gasteiger charge is -2.29. The molecule has 1 aliphatic heterocycles. The molecule has 3 N–H and O–H groups in total. The number of fused-ring (bicyclic) bond motifs is 1. The number of aromatic nitrogens is 4. The summed E-state index contributed by atoms with van der Waals surface area (Å²) in [4.78, 5) is 19.5. The van der Waals surface area contributed by atoms with Crippen molar-refractivity contribution in [2.45, 2.75) is 18.2 Å². The standard InChI is InChI=1S/C15H16ClN7S/c16-9-2-1-5-23(7-9)15-21-10-3-4-18-14(13(10)24-15)22-12-6-11(17)19-8-20-12/h3-4,6,8-9H,1-2,5,7H2,(H3,17,18,19,20,22)/t9-/m1/s1. The number of alkyl halides is 1. The van der Waals surface area contributed by atoms with Crippen molar-refractivity contribution >= 4 is 55.7 Å². The van der Waals surface area contributed by atoms with E-state index in [2.05, 4.69) is 25.2 Å². The number of piperidine rings is 1. The molecule has 4 heterocycles. The molecule has 3 aromatic rings. The zero-order chi connectivity index (χ0) is 16.5. The van der Waals surface area contributed by atoms with Crippen LogP contribution >= 0.6 is 22.9 Å². The third-order valence-corrected chi connectivity index (χ3v) is 5.36. The molecule has 1 saturated heterocycles. The van der Waals surface area contributed by atoms with Crippen molar-refractivity contribution in [2.24, 2.45) is 0 Å². The lowest BCUT2D eigenvalue weighted by Crippen LogP contribution is -2.35. The Bertz CT molecular complexity index is 868.